The summed E-state index contributed by atoms with van der Waals surface area (Å²) in [7, 11) is -3.65. The number of aryl methyl sites for hydroxylation is 1. The molecule has 120 valence electrons. The van der Waals surface area contributed by atoms with Gasteiger partial charge in [-0.3, -0.25) is 0 Å². The fraction of sp³-hybridized carbons (Fsp3) is 0.375. The van der Waals surface area contributed by atoms with Crippen LogP contribution in [0.2, 0.25) is 0 Å². The minimum absolute atomic E-state index is 0.209. The summed E-state index contributed by atoms with van der Waals surface area (Å²) in [5.74, 6) is 0. The maximum Gasteiger partial charge on any atom is 0.244 e. The number of benzene rings is 1. The van der Waals surface area contributed by atoms with Crippen molar-refractivity contribution in [3.05, 3.63) is 45.9 Å². The minimum Gasteiger partial charge on any atom is -0.248 e. The Labute approximate surface area is 140 Å². The molecule has 1 atom stereocenters. The van der Waals surface area contributed by atoms with Crippen molar-refractivity contribution in [3.63, 3.8) is 0 Å². The standard InChI is InChI=1S/C16H17N3O2S2/c1-12-5-6-13(11-17)10-15(12)23(20,21)19-8-3-2-4-14(19)16-18-7-9-22-16/h5-7,9-10,14H,2-4,8H2,1H3/t14-/m1/s1. The number of nitrogens with zero attached hydrogens (tertiary/aromatic N) is 3. The molecule has 1 aliphatic rings. The van der Waals surface area contributed by atoms with Crippen LogP contribution in [0.1, 0.15) is 41.4 Å². The van der Waals surface area contributed by atoms with Gasteiger partial charge in [0.1, 0.15) is 5.01 Å². The average molecular weight is 347 g/mol. The molecule has 23 heavy (non-hydrogen) atoms. The number of nitriles is 1. The van der Waals surface area contributed by atoms with Crippen LogP contribution < -0.4 is 0 Å². The van der Waals surface area contributed by atoms with Crippen LogP contribution in [0.25, 0.3) is 0 Å². The van der Waals surface area contributed by atoms with Gasteiger partial charge in [-0.25, -0.2) is 13.4 Å². The molecule has 5 nitrogen and oxygen atoms in total. The Balaban J connectivity index is 2.06. The van der Waals surface area contributed by atoms with Crippen molar-refractivity contribution in [3.8, 4) is 6.07 Å². The molecule has 2 aromatic rings. The van der Waals surface area contributed by atoms with Crippen LogP contribution in [0.15, 0.2) is 34.7 Å². The van der Waals surface area contributed by atoms with Crippen LogP contribution in [0, 0.1) is 18.3 Å². The first kappa shape index (κ1) is 16.1. The molecule has 0 bridgehead atoms. The van der Waals surface area contributed by atoms with Gasteiger partial charge >= 0.3 is 0 Å². The highest BCUT2D eigenvalue weighted by molar-refractivity contribution is 7.89. The lowest BCUT2D eigenvalue weighted by molar-refractivity contribution is 0.255. The van der Waals surface area contributed by atoms with Crippen molar-refractivity contribution in [2.24, 2.45) is 0 Å². The highest BCUT2D eigenvalue weighted by atomic mass is 32.2. The Kier molecular flexibility index (Phi) is 4.48. The van der Waals surface area contributed by atoms with Crippen LogP contribution in [-0.4, -0.2) is 24.3 Å². The van der Waals surface area contributed by atoms with Crippen molar-refractivity contribution < 1.29 is 8.42 Å². The van der Waals surface area contributed by atoms with E-state index in [0.29, 0.717) is 17.7 Å². The van der Waals surface area contributed by atoms with Gasteiger partial charge in [-0.05, 0) is 37.5 Å². The summed E-state index contributed by atoms with van der Waals surface area (Å²) in [4.78, 5) is 4.54. The fourth-order valence-electron chi connectivity index (χ4n) is 2.91. The quantitative estimate of drug-likeness (QED) is 0.854. The van der Waals surface area contributed by atoms with E-state index in [-0.39, 0.29) is 10.9 Å². The molecule has 1 saturated heterocycles. The maximum atomic E-state index is 13.2. The Morgan fingerprint density at radius 2 is 2.22 bits per heavy atom. The van der Waals surface area contributed by atoms with Crippen LogP contribution in [0.5, 0.6) is 0 Å². The Hall–Kier alpha value is -1.75. The molecule has 0 aliphatic carbocycles. The molecule has 2 heterocycles. The molecule has 0 N–H and O–H groups in total. The van der Waals surface area contributed by atoms with Gasteiger partial charge in [0, 0.05) is 18.1 Å². The Bertz CT molecular complexity index is 839. The molecule has 1 aliphatic heterocycles. The number of sulfonamides is 1. The molecule has 7 heteroatoms. The molecule has 0 spiro atoms. The largest absolute Gasteiger partial charge is 0.248 e. The summed E-state index contributed by atoms with van der Waals surface area (Å²) in [6.45, 7) is 2.25. The van der Waals surface area contributed by atoms with Gasteiger partial charge in [0.15, 0.2) is 0 Å². The zero-order valence-corrected chi connectivity index (χ0v) is 14.4. The van der Waals surface area contributed by atoms with Crippen molar-refractivity contribution >= 4 is 21.4 Å². The van der Waals surface area contributed by atoms with Gasteiger partial charge < -0.3 is 0 Å². The van der Waals surface area contributed by atoms with E-state index in [4.69, 9.17) is 5.26 Å². The monoisotopic (exact) mass is 347 g/mol. The molecule has 0 unspecified atom stereocenters. The first-order valence-corrected chi connectivity index (χ1v) is 9.78. The molecule has 0 saturated carbocycles. The second-order valence-electron chi connectivity index (χ2n) is 5.59. The van der Waals surface area contributed by atoms with E-state index in [9.17, 15) is 8.42 Å². The van der Waals surface area contributed by atoms with Crippen molar-refractivity contribution in [2.75, 3.05) is 6.54 Å². The smallest absolute Gasteiger partial charge is 0.244 e. The summed E-state index contributed by atoms with van der Waals surface area (Å²) in [6, 6.07) is 6.61. The molecule has 1 aromatic heterocycles. The third-order valence-electron chi connectivity index (χ3n) is 4.09. The molecule has 1 fully saturated rings. The molecular formula is C16H17N3O2S2. The van der Waals surface area contributed by atoms with Crippen molar-refractivity contribution in [2.45, 2.75) is 37.1 Å². The number of aromatic nitrogens is 1. The summed E-state index contributed by atoms with van der Waals surface area (Å²) >= 11 is 1.49. The van der Waals surface area contributed by atoms with Crippen LogP contribution >= 0.6 is 11.3 Å². The number of rotatable bonds is 3. The minimum atomic E-state index is -3.65. The van der Waals surface area contributed by atoms with Crippen LogP contribution in [-0.2, 0) is 10.0 Å². The maximum absolute atomic E-state index is 13.2. The van der Waals surface area contributed by atoms with E-state index in [1.54, 1.807) is 29.6 Å². The third kappa shape index (κ3) is 3.02. The Morgan fingerprint density at radius 1 is 1.39 bits per heavy atom. The van der Waals surface area contributed by atoms with Gasteiger partial charge in [-0.2, -0.15) is 9.57 Å². The number of hydrogen-bond acceptors (Lipinski definition) is 5. The Morgan fingerprint density at radius 3 is 2.91 bits per heavy atom. The number of hydrogen-bond donors (Lipinski definition) is 0. The van der Waals surface area contributed by atoms with Gasteiger partial charge in [-0.15, -0.1) is 11.3 Å². The topological polar surface area (TPSA) is 74.1 Å². The first-order valence-electron chi connectivity index (χ1n) is 7.46. The van der Waals surface area contributed by atoms with E-state index in [2.05, 4.69) is 4.98 Å². The predicted octanol–water partition coefficient (Wildman–Crippen LogP) is 3.24. The summed E-state index contributed by atoms with van der Waals surface area (Å²) < 4.78 is 27.9. The van der Waals surface area contributed by atoms with Gasteiger partial charge in [-0.1, -0.05) is 12.5 Å². The number of thiazole rings is 1. The summed E-state index contributed by atoms with van der Waals surface area (Å²) in [5.41, 5.74) is 1.02. The first-order chi connectivity index (χ1) is 11.0. The third-order valence-corrected chi connectivity index (χ3v) is 7.02. The lowest BCUT2D eigenvalue weighted by Crippen LogP contribution is -2.38. The molecular weight excluding hydrogens is 330 g/mol. The van der Waals surface area contributed by atoms with E-state index < -0.39 is 10.0 Å². The second-order valence-corrected chi connectivity index (χ2v) is 8.37. The second kappa shape index (κ2) is 6.40. The number of piperidine rings is 1. The highest BCUT2D eigenvalue weighted by Gasteiger charge is 2.36. The fourth-order valence-corrected chi connectivity index (χ4v) is 5.68. The molecule has 1 aromatic carbocycles. The van der Waals surface area contributed by atoms with Gasteiger partial charge in [0.2, 0.25) is 10.0 Å². The SMILES string of the molecule is Cc1ccc(C#N)cc1S(=O)(=O)N1CCCC[C@@H]1c1nccs1. The predicted molar refractivity (Wildman–Crippen MR) is 88.5 cm³/mol. The zero-order valence-electron chi connectivity index (χ0n) is 12.8. The highest BCUT2D eigenvalue weighted by Crippen LogP contribution is 2.36. The van der Waals surface area contributed by atoms with Gasteiger partial charge in [0.05, 0.1) is 22.6 Å². The van der Waals surface area contributed by atoms with E-state index in [0.717, 1.165) is 24.3 Å². The summed E-state index contributed by atoms with van der Waals surface area (Å²) in [5, 5.41) is 11.8. The lowest BCUT2D eigenvalue weighted by Gasteiger charge is -2.33. The average Bonchev–Trinajstić information content (AvgIpc) is 3.09. The molecule has 3 rings (SSSR count). The molecule has 0 amide bonds. The van der Waals surface area contributed by atoms with E-state index in [1.165, 1.54) is 17.4 Å². The lowest BCUT2D eigenvalue weighted by atomic mass is 10.1. The van der Waals surface area contributed by atoms with Crippen LogP contribution in [0.3, 0.4) is 0 Å². The zero-order chi connectivity index (χ0) is 16.4. The van der Waals surface area contributed by atoms with Gasteiger partial charge in [0.25, 0.3) is 0 Å². The van der Waals surface area contributed by atoms with E-state index >= 15 is 0 Å². The van der Waals surface area contributed by atoms with Crippen LogP contribution in [0.4, 0.5) is 0 Å². The summed E-state index contributed by atoms with van der Waals surface area (Å²) in [6.07, 6.45) is 4.33. The van der Waals surface area contributed by atoms with E-state index in [1.807, 2.05) is 11.4 Å². The normalized spacial score (nSPS) is 19.4. The van der Waals surface area contributed by atoms with Crippen molar-refractivity contribution in [1.82, 2.24) is 9.29 Å². The molecule has 0 radical (unpaired) electrons. The van der Waals surface area contributed by atoms with Crippen molar-refractivity contribution in [1.29, 1.82) is 5.26 Å².